The van der Waals surface area contributed by atoms with Gasteiger partial charge < -0.3 is 21.7 Å². The molecule has 0 spiro atoms. The Hall–Kier alpha value is -0.840. The number of hydrogen-bond acceptors (Lipinski definition) is 2. The van der Waals surface area contributed by atoms with Gasteiger partial charge in [-0.1, -0.05) is 0 Å². The number of halogens is 1. The number of carbonyl (C=O) groups is 1. The van der Waals surface area contributed by atoms with E-state index in [1.165, 1.54) is 0 Å². The maximum atomic E-state index is 10.9. The average Bonchev–Trinajstić information content (AvgIpc) is 2.40. The lowest BCUT2D eigenvalue weighted by atomic mass is 10.6. The minimum Gasteiger partial charge on any atom is -1.00 e. The van der Waals surface area contributed by atoms with Crippen molar-refractivity contribution in [2.75, 3.05) is 6.61 Å². The van der Waals surface area contributed by atoms with Crippen molar-refractivity contribution in [2.45, 2.75) is 13.5 Å². The summed E-state index contributed by atoms with van der Waals surface area (Å²) in [4.78, 5) is 13.7. The largest absolute Gasteiger partial charge is 1.00 e. The van der Waals surface area contributed by atoms with Gasteiger partial charge in [0.15, 0.2) is 6.54 Å². The molecule has 5 heteroatoms. The van der Waals surface area contributed by atoms with Crippen molar-refractivity contribution in [3.05, 3.63) is 18.7 Å². The second-order valence-electron chi connectivity index (χ2n) is 2.09. The zero-order chi connectivity index (χ0) is 8.10. The predicted molar refractivity (Wildman–Crippen MR) is 37.6 cm³/mol. The highest BCUT2D eigenvalue weighted by atomic mass is 79.9. The smallest absolute Gasteiger partial charge is 0.348 e. The number of carbonyl (C=O) groups excluding carboxylic acids is 1. The molecule has 0 bridgehead atoms. The second kappa shape index (κ2) is 5.77. The van der Waals surface area contributed by atoms with Crippen LogP contribution in [0.3, 0.4) is 0 Å². The number of nitrogens with zero attached hydrogens (tertiary/aromatic N) is 1. The van der Waals surface area contributed by atoms with Gasteiger partial charge in [0.2, 0.25) is 6.33 Å². The summed E-state index contributed by atoms with van der Waals surface area (Å²) in [6, 6.07) is 0. The molecule has 0 saturated heterocycles. The standard InChI is InChI=1S/C7H10N2O2.BrH/c1-2-11-7(10)5-9-4-3-8-6-9;/h3-4,6H,2,5H2,1H3;1H. The third-order valence-electron chi connectivity index (χ3n) is 1.22. The Morgan fingerprint density at radius 3 is 2.92 bits per heavy atom. The Morgan fingerprint density at radius 1 is 1.67 bits per heavy atom. The molecule has 1 aromatic rings. The van der Waals surface area contributed by atoms with Crippen molar-refractivity contribution in [2.24, 2.45) is 0 Å². The molecular formula is C7H11BrN2O2. The molecular weight excluding hydrogens is 224 g/mol. The second-order valence-corrected chi connectivity index (χ2v) is 2.09. The maximum absolute atomic E-state index is 10.9. The monoisotopic (exact) mass is 234 g/mol. The quantitative estimate of drug-likeness (QED) is 0.445. The van der Waals surface area contributed by atoms with E-state index in [0.29, 0.717) is 6.61 Å². The number of aromatic nitrogens is 2. The zero-order valence-corrected chi connectivity index (χ0v) is 8.37. The van der Waals surface area contributed by atoms with Gasteiger partial charge >= 0.3 is 5.97 Å². The first kappa shape index (κ1) is 11.2. The molecule has 68 valence electrons. The summed E-state index contributed by atoms with van der Waals surface area (Å²) < 4.78 is 6.46. The van der Waals surface area contributed by atoms with Crippen LogP contribution >= 0.6 is 0 Å². The van der Waals surface area contributed by atoms with Crippen LogP contribution in [0.15, 0.2) is 18.7 Å². The van der Waals surface area contributed by atoms with Crippen LogP contribution < -0.4 is 21.5 Å². The fourth-order valence-corrected chi connectivity index (χ4v) is 0.775. The van der Waals surface area contributed by atoms with Crippen molar-refractivity contribution in [1.82, 2.24) is 4.98 Å². The first-order valence-electron chi connectivity index (χ1n) is 3.50. The third-order valence-corrected chi connectivity index (χ3v) is 1.22. The topological polar surface area (TPSA) is 46.0 Å². The van der Waals surface area contributed by atoms with E-state index >= 15 is 0 Å². The van der Waals surface area contributed by atoms with Gasteiger partial charge in [-0.25, -0.2) is 9.36 Å². The number of esters is 1. The molecule has 0 aliphatic carbocycles. The number of rotatable bonds is 3. The minimum absolute atomic E-state index is 0. The molecule has 0 amide bonds. The van der Waals surface area contributed by atoms with Gasteiger partial charge in [-0.2, -0.15) is 0 Å². The molecule has 0 saturated carbocycles. The van der Waals surface area contributed by atoms with E-state index in [1.807, 2.05) is 0 Å². The zero-order valence-electron chi connectivity index (χ0n) is 6.79. The first-order chi connectivity index (χ1) is 5.33. The lowest BCUT2D eigenvalue weighted by Crippen LogP contribution is -3.00. The Morgan fingerprint density at radius 2 is 2.42 bits per heavy atom. The summed E-state index contributed by atoms with van der Waals surface area (Å²) in [5.41, 5.74) is 0. The van der Waals surface area contributed by atoms with Gasteiger partial charge in [-0.3, -0.25) is 4.98 Å². The van der Waals surface area contributed by atoms with Crippen LogP contribution in [0.1, 0.15) is 6.92 Å². The number of aromatic amines is 1. The van der Waals surface area contributed by atoms with E-state index in [2.05, 4.69) is 4.98 Å². The van der Waals surface area contributed by atoms with Gasteiger partial charge in [0.25, 0.3) is 0 Å². The van der Waals surface area contributed by atoms with E-state index < -0.39 is 0 Å². The molecule has 4 nitrogen and oxygen atoms in total. The Kier molecular flexibility index (Phi) is 5.36. The molecule has 0 aliphatic rings. The van der Waals surface area contributed by atoms with Crippen LogP contribution in [0.2, 0.25) is 0 Å². The molecule has 0 fully saturated rings. The minimum atomic E-state index is -0.211. The molecule has 0 radical (unpaired) electrons. The molecule has 0 atom stereocenters. The summed E-state index contributed by atoms with van der Waals surface area (Å²) in [5.74, 6) is -0.211. The van der Waals surface area contributed by atoms with Crippen LogP contribution in [0, 0.1) is 0 Å². The normalized spacial score (nSPS) is 8.75. The molecule has 0 aliphatic heterocycles. The first-order valence-corrected chi connectivity index (χ1v) is 3.50. The van der Waals surface area contributed by atoms with Crippen LogP contribution in [0.4, 0.5) is 0 Å². The van der Waals surface area contributed by atoms with Crippen molar-refractivity contribution in [3.63, 3.8) is 0 Å². The summed E-state index contributed by atoms with van der Waals surface area (Å²) in [7, 11) is 0. The molecule has 1 aromatic heterocycles. The van der Waals surface area contributed by atoms with Crippen LogP contribution in [-0.2, 0) is 16.1 Å². The van der Waals surface area contributed by atoms with Crippen LogP contribution in [0.5, 0.6) is 0 Å². The third kappa shape index (κ3) is 3.52. The van der Waals surface area contributed by atoms with E-state index in [9.17, 15) is 4.79 Å². The maximum Gasteiger partial charge on any atom is 0.348 e. The molecule has 1 N–H and O–H groups in total. The van der Waals surface area contributed by atoms with E-state index in [4.69, 9.17) is 4.74 Å². The summed E-state index contributed by atoms with van der Waals surface area (Å²) in [5, 5.41) is 0. The molecule has 0 unspecified atom stereocenters. The molecule has 1 heterocycles. The van der Waals surface area contributed by atoms with Crippen LogP contribution in [-0.4, -0.2) is 17.6 Å². The fraction of sp³-hybridized carbons (Fsp3) is 0.429. The van der Waals surface area contributed by atoms with Crippen molar-refractivity contribution < 1.29 is 31.1 Å². The van der Waals surface area contributed by atoms with Gasteiger partial charge in [0.1, 0.15) is 12.4 Å². The summed E-state index contributed by atoms with van der Waals surface area (Å²) in [6.07, 6.45) is 5.23. The average molecular weight is 235 g/mol. The van der Waals surface area contributed by atoms with Gasteiger partial charge in [-0.05, 0) is 6.92 Å². The van der Waals surface area contributed by atoms with Crippen LogP contribution in [0.25, 0.3) is 0 Å². The van der Waals surface area contributed by atoms with E-state index in [1.54, 1.807) is 30.2 Å². The van der Waals surface area contributed by atoms with Crippen molar-refractivity contribution in [3.8, 4) is 0 Å². The van der Waals surface area contributed by atoms with Crippen molar-refractivity contribution in [1.29, 1.82) is 0 Å². The fourth-order valence-electron chi connectivity index (χ4n) is 0.775. The Balaban J connectivity index is 0.00000121. The molecule has 12 heavy (non-hydrogen) atoms. The van der Waals surface area contributed by atoms with Gasteiger partial charge in [0.05, 0.1) is 6.61 Å². The number of ether oxygens (including phenoxy) is 1. The number of imidazole rings is 1. The van der Waals surface area contributed by atoms with E-state index in [-0.39, 0.29) is 29.5 Å². The Labute approximate surface area is 81.3 Å². The van der Waals surface area contributed by atoms with E-state index in [0.717, 1.165) is 0 Å². The highest BCUT2D eigenvalue weighted by Crippen LogP contribution is 1.77. The molecule has 0 aromatic carbocycles. The van der Waals surface area contributed by atoms with Crippen molar-refractivity contribution >= 4 is 5.97 Å². The predicted octanol–water partition coefficient (Wildman–Crippen LogP) is -3.13. The summed E-state index contributed by atoms with van der Waals surface area (Å²) in [6.45, 7) is 2.50. The van der Waals surface area contributed by atoms with Gasteiger partial charge in [0, 0.05) is 0 Å². The highest BCUT2D eigenvalue weighted by molar-refractivity contribution is 5.67. The lowest BCUT2D eigenvalue weighted by Gasteiger charge is -1.96. The SMILES string of the molecule is CCOC(=O)C[n+]1cc[nH]c1.[Br-]. The number of H-pyrrole nitrogens is 1. The number of nitrogens with one attached hydrogen (secondary N) is 1. The highest BCUT2D eigenvalue weighted by Gasteiger charge is 2.05. The Bertz CT molecular complexity index is 223. The lowest BCUT2D eigenvalue weighted by molar-refractivity contribution is -0.684. The number of hydrogen-bond donors (Lipinski definition) is 1. The molecule has 1 rings (SSSR count). The van der Waals surface area contributed by atoms with Gasteiger partial charge in [-0.15, -0.1) is 0 Å². The summed E-state index contributed by atoms with van der Waals surface area (Å²) >= 11 is 0.